The standard InChI is InChI=1S/C21H24ClFN2O3S/c1-15-18(22)5-3-6-19(15)29(27,28)25-12-4-11-21(2,14-25)20(26)24-13-16-7-9-17(23)10-8-16/h3,5-10H,4,11-14H2,1-2H3,(H,24,26)/t21-/m0/s1. The molecule has 5 nitrogen and oxygen atoms in total. The van der Waals surface area contributed by atoms with Crippen LogP contribution in [0.2, 0.25) is 5.02 Å². The van der Waals surface area contributed by atoms with Gasteiger partial charge in [0.15, 0.2) is 0 Å². The summed E-state index contributed by atoms with van der Waals surface area (Å²) in [6.07, 6.45) is 1.17. The first-order valence-corrected chi connectivity index (χ1v) is 11.2. The molecule has 0 bridgehead atoms. The van der Waals surface area contributed by atoms with Crippen LogP contribution in [0.25, 0.3) is 0 Å². The van der Waals surface area contributed by atoms with E-state index in [1.165, 1.54) is 22.5 Å². The molecule has 1 heterocycles. The Labute approximate surface area is 175 Å². The first-order chi connectivity index (χ1) is 13.6. The smallest absolute Gasteiger partial charge is 0.243 e. The molecule has 29 heavy (non-hydrogen) atoms. The average Bonchev–Trinajstić information content (AvgIpc) is 2.69. The zero-order valence-corrected chi connectivity index (χ0v) is 18.0. The number of rotatable bonds is 5. The number of sulfonamides is 1. The topological polar surface area (TPSA) is 66.5 Å². The van der Waals surface area contributed by atoms with Crippen LogP contribution >= 0.6 is 11.6 Å². The van der Waals surface area contributed by atoms with Gasteiger partial charge in [0.1, 0.15) is 5.82 Å². The first kappa shape index (κ1) is 21.7. The summed E-state index contributed by atoms with van der Waals surface area (Å²) in [6, 6.07) is 10.7. The normalized spacial score (nSPS) is 20.4. The van der Waals surface area contributed by atoms with Crippen LogP contribution in [0.4, 0.5) is 4.39 Å². The maximum atomic E-state index is 13.2. The van der Waals surface area contributed by atoms with Crippen molar-refractivity contribution in [2.75, 3.05) is 13.1 Å². The quantitative estimate of drug-likeness (QED) is 0.770. The molecule has 1 amide bonds. The van der Waals surface area contributed by atoms with Gasteiger partial charge in [-0.1, -0.05) is 29.8 Å². The van der Waals surface area contributed by atoms with E-state index in [4.69, 9.17) is 11.6 Å². The molecule has 0 aromatic heterocycles. The molecule has 1 saturated heterocycles. The molecule has 0 unspecified atom stereocenters. The fourth-order valence-corrected chi connectivity index (χ4v) is 5.67. The third-order valence-electron chi connectivity index (χ3n) is 5.41. The molecule has 8 heteroatoms. The molecule has 2 aromatic carbocycles. The van der Waals surface area contributed by atoms with E-state index in [0.29, 0.717) is 30.0 Å². The summed E-state index contributed by atoms with van der Waals surface area (Å²) >= 11 is 6.10. The highest BCUT2D eigenvalue weighted by Gasteiger charge is 2.42. The maximum absolute atomic E-state index is 13.2. The summed E-state index contributed by atoms with van der Waals surface area (Å²) in [5.74, 6) is -0.555. The van der Waals surface area contributed by atoms with Crippen molar-refractivity contribution in [2.45, 2.75) is 38.1 Å². The van der Waals surface area contributed by atoms with Gasteiger partial charge in [0.25, 0.3) is 0 Å². The largest absolute Gasteiger partial charge is 0.352 e. The summed E-state index contributed by atoms with van der Waals surface area (Å²) in [5, 5.41) is 3.25. The van der Waals surface area contributed by atoms with E-state index >= 15 is 0 Å². The van der Waals surface area contributed by atoms with Gasteiger partial charge in [-0.2, -0.15) is 4.31 Å². The molecule has 1 N–H and O–H groups in total. The predicted octanol–water partition coefficient (Wildman–Crippen LogP) is 3.89. The number of carbonyl (C=O) groups excluding carboxylic acids is 1. The number of nitrogens with zero attached hydrogens (tertiary/aromatic N) is 1. The molecule has 1 aliphatic rings. The lowest BCUT2D eigenvalue weighted by Crippen LogP contribution is -2.51. The highest BCUT2D eigenvalue weighted by Crippen LogP contribution is 2.34. The first-order valence-electron chi connectivity index (χ1n) is 9.41. The van der Waals surface area contributed by atoms with Gasteiger partial charge in [0.2, 0.25) is 15.9 Å². The van der Waals surface area contributed by atoms with Gasteiger partial charge in [-0.3, -0.25) is 4.79 Å². The van der Waals surface area contributed by atoms with Crippen molar-refractivity contribution in [1.82, 2.24) is 9.62 Å². The molecule has 156 valence electrons. The highest BCUT2D eigenvalue weighted by molar-refractivity contribution is 7.89. The summed E-state index contributed by atoms with van der Waals surface area (Å²) in [4.78, 5) is 13.0. The summed E-state index contributed by atoms with van der Waals surface area (Å²) < 4.78 is 40.8. The fraction of sp³-hybridized carbons (Fsp3) is 0.381. The lowest BCUT2D eigenvalue weighted by Gasteiger charge is -2.38. The Hall–Kier alpha value is -1.96. The number of nitrogens with one attached hydrogen (secondary N) is 1. The summed E-state index contributed by atoms with van der Waals surface area (Å²) in [6.45, 7) is 4.16. The zero-order chi connectivity index (χ0) is 21.2. The zero-order valence-electron chi connectivity index (χ0n) is 16.4. The van der Waals surface area contributed by atoms with Crippen molar-refractivity contribution in [2.24, 2.45) is 5.41 Å². The highest BCUT2D eigenvalue weighted by atomic mass is 35.5. The Morgan fingerprint density at radius 2 is 1.93 bits per heavy atom. The van der Waals surface area contributed by atoms with E-state index in [0.717, 1.165) is 5.56 Å². The summed E-state index contributed by atoms with van der Waals surface area (Å²) in [5.41, 5.74) is 0.429. The molecule has 1 atom stereocenters. The summed E-state index contributed by atoms with van der Waals surface area (Å²) in [7, 11) is -3.76. The monoisotopic (exact) mass is 438 g/mol. The van der Waals surface area contributed by atoms with Gasteiger partial charge in [0.05, 0.1) is 10.3 Å². The molecule has 3 rings (SSSR count). The lowest BCUT2D eigenvalue weighted by atomic mass is 9.82. The fourth-order valence-electron chi connectivity index (χ4n) is 3.59. The minimum absolute atomic E-state index is 0.0938. The van der Waals surface area contributed by atoms with Crippen molar-refractivity contribution in [1.29, 1.82) is 0 Å². The van der Waals surface area contributed by atoms with Gasteiger partial charge < -0.3 is 5.32 Å². The molecule has 1 fully saturated rings. The van der Waals surface area contributed by atoms with E-state index in [2.05, 4.69) is 5.32 Å². The molecular weight excluding hydrogens is 415 g/mol. The minimum atomic E-state index is -3.76. The van der Waals surface area contributed by atoms with Gasteiger partial charge in [-0.25, -0.2) is 12.8 Å². The van der Waals surface area contributed by atoms with Crippen LogP contribution in [0.3, 0.4) is 0 Å². The Kier molecular flexibility index (Phi) is 6.31. The number of benzene rings is 2. The maximum Gasteiger partial charge on any atom is 0.243 e. The van der Waals surface area contributed by atoms with Gasteiger partial charge in [-0.15, -0.1) is 0 Å². The molecule has 1 aliphatic heterocycles. The Morgan fingerprint density at radius 3 is 2.62 bits per heavy atom. The second kappa shape index (κ2) is 8.42. The van der Waals surface area contributed by atoms with Crippen LogP contribution in [0.15, 0.2) is 47.4 Å². The molecular formula is C21H24ClFN2O3S. The van der Waals surface area contributed by atoms with Crippen molar-refractivity contribution in [3.8, 4) is 0 Å². The van der Waals surface area contributed by atoms with E-state index < -0.39 is 15.4 Å². The van der Waals surface area contributed by atoms with Crippen LogP contribution in [0.5, 0.6) is 0 Å². The van der Waals surface area contributed by atoms with E-state index in [1.54, 1.807) is 38.1 Å². The van der Waals surface area contributed by atoms with E-state index in [-0.39, 0.29) is 29.7 Å². The van der Waals surface area contributed by atoms with E-state index in [9.17, 15) is 17.6 Å². The number of hydrogen-bond donors (Lipinski definition) is 1. The van der Waals surface area contributed by atoms with Crippen LogP contribution in [-0.2, 0) is 21.4 Å². The van der Waals surface area contributed by atoms with E-state index in [1.807, 2.05) is 0 Å². The number of amides is 1. The van der Waals surface area contributed by atoms with Gasteiger partial charge in [-0.05, 0) is 62.1 Å². The van der Waals surface area contributed by atoms with Gasteiger partial charge in [0, 0.05) is 24.7 Å². The number of carbonyl (C=O) groups is 1. The van der Waals surface area contributed by atoms with Gasteiger partial charge >= 0.3 is 0 Å². The number of halogens is 2. The van der Waals surface area contributed by atoms with Crippen LogP contribution in [-0.4, -0.2) is 31.7 Å². The van der Waals surface area contributed by atoms with Crippen molar-refractivity contribution < 1.29 is 17.6 Å². The SMILES string of the molecule is Cc1c(Cl)cccc1S(=O)(=O)N1CCC[C@](C)(C(=O)NCc2ccc(F)cc2)C1. The Bertz CT molecular complexity index is 1010. The van der Waals surface area contributed by atoms with Crippen molar-refractivity contribution in [3.63, 3.8) is 0 Å². The van der Waals surface area contributed by atoms with Crippen LogP contribution in [0.1, 0.15) is 30.9 Å². The third-order valence-corrected chi connectivity index (χ3v) is 7.81. The minimum Gasteiger partial charge on any atom is -0.352 e. The second-order valence-electron chi connectivity index (χ2n) is 7.67. The second-order valence-corrected chi connectivity index (χ2v) is 9.99. The molecule has 0 radical (unpaired) electrons. The molecule has 2 aromatic rings. The molecule has 0 aliphatic carbocycles. The van der Waals surface area contributed by atoms with Crippen molar-refractivity contribution >= 4 is 27.5 Å². The van der Waals surface area contributed by atoms with Crippen LogP contribution < -0.4 is 5.32 Å². The predicted molar refractivity (Wildman–Crippen MR) is 111 cm³/mol. The molecule has 0 saturated carbocycles. The average molecular weight is 439 g/mol. The lowest BCUT2D eigenvalue weighted by molar-refractivity contribution is -0.132. The Balaban J connectivity index is 1.75. The number of piperidine rings is 1. The number of hydrogen-bond acceptors (Lipinski definition) is 3. The molecule has 0 spiro atoms. The Morgan fingerprint density at radius 1 is 1.24 bits per heavy atom. The van der Waals surface area contributed by atoms with Crippen molar-refractivity contribution in [3.05, 3.63) is 64.4 Å². The van der Waals surface area contributed by atoms with Crippen LogP contribution in [0, 0.1) is 18.2 Å². The third kappa shape index (κ3) is 4.63.